The van der Waals surface area contributed by atoms with Crippen molar-refractivity contribution in [2.75, 3.05) is 13.1 Å². The van der Waals surface area contributed by atoms with Crippen molar-refractivity contribution in [2.45, 2.75) is 45.1 Å². The fourth-order valence-electron chi connectivity index (χ4n) is 2.26. The number of amides is 2. The van der Waals surface area contributed by atoms with E-state index in [-0.39, 0.29) is 11.9 Å². The molecule has 0 spiro atoms. The fraction of sp³-hybridized carbons (Fsp3) is 0.846. The summed E-state index contributed by atoms with van der Waals surface area (Å²) in [4.78, 5) is 25.2. The molecule has 5 nitrogen and oxygen atoms in total. The number of rotatable bonds is 6. The van der Waals surface area contributed by atoms with Gasteiger partial charge in [-0.05, 0) is 51.4 Å². The molecule has 0 saturated heterocycles. The van der Waals surface area contributed by atoms with Gasteiger partial charge in [0.05, 0.1) is 0 Å². The van der Waals surface area contributed by atoms with Crippen molar-refractivity contribution in [3.63, 3.8) is 0 Å². The fourth-order valence-corrected chi connectivity index (χ4v) is 2.26. The van der Waals surface area contributed by atoms with Crippen LogP contribution in [-0.4, -0.2) is 40.6 Å². The Morgan fingerprint density at radius 1 is 1.33 bits per heavy atom. The van der Waals surface area contributed by atoms with Crippen LogP contribution in [0.25, 0.3) is 0 Å². The Kier molecular flexibility index (Phi) is 3.50. The molecule has 2 aliphatic carbocycles. The van der Waals surface area contributed by atoms with Crippen molar-refractivity contribution in [2.24, 2.45) is 11.8 Å². The number of nitrogens with zero attached hydrogens (tertiary/aromatic N) is 1. The van der Waals surface area contributed by atoms with Crippen molar-refractivity contribution < 1.29 is 14.7 Å². The number of hydrogen-bond donors (Lipinski definition) is 2. The second kappa shape index (κ2) is 4.78. The van der Waals surface area contributed by atoms with Gasteiger partial charge in [-0.3, -0.25) is 0 Å². The summed E-state index contributed by atoms with van der Waals surface area (Å²) in [7, 11) is 0. The standard InChI is InChI=1S/C13H22N2O3/c1-3-15(8-9-4-5-9)12(18)14-13(2,11(16)17)10-6-7-10/h9-10H,3-8H2,1-2H3,(H,14,18)(H,16,17). The highest BCUT2D eigenvalue weighted by atomic mass is 16.4. The monoisotopic (exact) mass is 254 g/mol. The van der Waals surface area contributed by atoms with E-state index >= 15 is 0 Å². The number of nitrogens with one attached hydrogen (secondary N) is 1. The molecule has 0 aromatic rings. The summed E-state index contributed by atoms with van der Waals surface area (Å²) in [5.74, 6) is -0.230. The lowest BCUT2D eigenvalue weighted by Crippen LogP contribution is -2.57. The van der Waals surface area contributed by atoms with Crippen LogP contribution in [0.15, 0.2) is 0 Å². The minimum atomic E-state index is -1.10. The van der Waals surface area contributed by atoms with Crippen molar-refractivity contribution in [1.29, 1.82) is 0 Å². The Bertz CT molecular complexity index is 350. The summed E-state index contributed by atoms with van der Waals surface area (Å²) in [6, 6.07) is -0.235. The minimum Gasteiger partial charge on any atom is -0.480 e. The summed E-state index contributed by atoms with van der Waals surface area (Å²) < 4.78 is 0. The highest BCUT2D eigenvalue weighted by Crippen LogP contribution is 2.40. The molecule has 2 aliphatic rings. The predicted molar refractivity (Wildman–Crippen MR) is 67.3 cm³/mol. The highest BCUT2D eigenvalue weighted by Gasteiger charge is 2.49. The summed E-state index contributed by atoms with van der Waals surface area (Å²) >= 11 is 0. The lowest BCUT2D eigenvalue weighted by molar-refractivity contribution is -0.144. The van der Waals surface area contributed by atoms with E-state index < -0.39 is 11.5 Å². The maximum absolute atomic E-state index is 12.1. The second-order valence-electron chi connectivity index (χ2n) is 5.69. The molecule has 0 aromatic carbocycles. The molecule has 18 heavy (non-hydrogen) atoms. The highest BCUT2D eigenvalue weighted by molar-refractivity contribution is 5.86. The van der Waals surface area contributed by atoms with E-state index in [4.69, 9.17) is 0 Å². The zero-order valence-corrected chi connectivity index (χ0v) is 11.1. The maximum atomic E-state index is 12.1. The van der Waals surface area contributed by atoms with Gasteiger partial charge in [0, 0.05) is 13.1 Å². The number of urea groups is 1. The van der Waals surface area contributed by atoms with Crippen LogP contribution in [0.5, 0.6) is 0 Å². The third kappa shape index (κ3) is 2.76. The van der Waals surface area contributed by atoms with E-state index in [0.29, 0.717) is 12.5 Å². The Morgan fingerprint density at radius 2 is 1.94 bits per heavy atom. The average Bonchev–Trinajstić information content (AvgIpc) is 3.17. The molecule has 0 aliphatic heterocycles. The average molecular weight is 254 g/mol. The first-order valence-corrected chi connectivity index (χ1v) is 6.77. The van der Waals surface area contributed by atoms with Gasteiger partial charge in [0.2, 0.25) is 0 Å². The normalized spacial score (nSPS) is 22.1. The third-order valence-corrected chi connectivity index (χ3v) is 4.05. The van der Waals surface area contributed by atoms with Crippen LogP contribution < -0.4 is 5.32 Å². The molecule has 1 unspecified atom stereocenters. The smallest absolute Gasteiger partial charge is 0.329 e. The lowest BCUT2D eigenvalue weighted by Gasteiger charge is -2.30. The number of carbonyl (C=O) groups is 2. The van der Waals surface area contributed by atoms with Crippen molar-refractivity contribution in [1.82, 2.24) is 10.2 Å². The van der Waals surface area contributed by atoms with E-state index in [1.807, 2.05) is 6.92 Å². The van der Waals surface area contributed by atoms with Gasteiger partial charge in [-0.1, -0.05) is 0 Å². The Hall–Kier alpha value is -1.26. The van der Waals surface area contributed by atoms with E-state index in [0.717, 1.165) is 19.4 Å². The first-order chi connectivity index (χ1) is 8.47. The van der Waals surface area contributed by atoms with Crippen molar-refractivity contribution >= 4 is 12.0 Å². The van der Waals surface area contributed by atoms with Gasteiger partial charge in [0.25, 0.3) is 0 Å². The molecule has 0 aromatic heterocycles. The number of hydrogen-bond acceptors (Lipinski definition) is 2. The zero-order chi connectivity index (χ0) is 13.3. The van der Waals surface area contributed by atoms with Gasteiger partial charge in [0.1, 0.15) is 5.54 Å². The topological polar surface area (TPSA) is 69.6 Å². The summed E-state index contributed by atoms with van der Waals surface area (Å²) in [6.45, 7) is 4.93. The first kappa shape index (κ1) is 13.2. The van der Waals surface area contributed by atoms with Crippen LogP contribution in [0.4, 0.5) is 4.79 Å². The molecule has 2 amide bonds. The quantitative estimate of drug-likeness (QED) is 0.757. The Balaban J connectivity index is 1.96. The van der Waals surface area contributed by atoms with Gasteiger partial charge in [-0.15, -0.1) is 0 Å². The molecule has 1 atom stereocenters. The van der Waals surface area contributed by atoms with Crippen molar-refractivity contribution in [3.8, 4) is 0 Å². The zero-order valence-electron chi connectivity index (χ0n) is 11.1. The summed E-state index contributed by atoms with van der Waals surface area (Å²) in [5.41, 5.74) is -1.10. The first-order valence-electron chi connectivity index (χ1n) is 6.77. The maximum Gasteiger partial charge on any atom is 0.329 e. The molecule has 0 heterocycles. The SMILES string of the molecule is CCN(CC1CC1)C(=O)NC(C)(C(=O)O)C1CC1. The Labute approximate surface area is 108 Å². The molecule has 0 radical (unpaired) electrons. The van der Waals surface area contributed by atoms with Gasteiger partial charge in [-0.2, -0.15) is 0 Å². The van der Waals surface area contributed by atoms with Crippen LogP contribution in [0.1, 0.15) is 39.5 Å². The molecule has 2 rings (SSSR count). The van der Waals surface area contributed by atoms with Gasteiger partial charge in [0.15, 0.2) is 0 Å². The molecular formula is C13H22N2O3. The lowest BCUT2D eigenvalue weighted by atomic mass is 9.96. The third-order valence-electron chi connectivity index (χ3n) is 4.05. The minimum absolute atomic E-state index is 0.0820. The van der Waals surface area contributed by atoms with E-state index in [9.17, 15) is 14.7 Å². The molecule has 5 heteroatoms. The van der Waals surface area contributed by atoms with E-state index in [1.165, 1.54) is 12.8 Å². The van der Waals surface area contributed by atoms with Gasteiger partial charge >= 0.3 is 12.0 Å². The molecule has 2 fully saturated rings. The number of carbonyl (C=O) groups excluding carboxylic acids is 1. The van der Waals surface area contributed by atoms with Crippen molar-refractivity contribution in [3.05, 3.63) is 0 Å². The number of carboxylic acid groups (broad SMARTS) is 1. The molecule has 0 bridgehead atoms. The van der Waals surface area contributed by atoms with Crippen LogP contribution in [0, 0.1) is 11.8 Å². The van der Waals surface area contributed by atoms with Gasteiger partial charge < -0.3 is 15.3 Å². The van der Waals surface area contributed by atoms with Gasteiger partial charge in [-0.25, -0.2) is 9.59 Å². The van der Waals surface area contributed by atoms with Crippen LogP contribution in [-0.2, 0) is 4.79 Å². The molecule has 2 saturated carbocycles. The number of aliphatic carboxylic acids is 1. The van der Waals surface area contributed by atoms with Crippen LogP contribution in [0.3, 0.4) is 0 Å². The predicted octanol–water partition coefficient (Wildman–Crippen LogP) is 1.68. The van der Waals surface area contributed by atoms with Crippen LogP contribution in [0.2, 0.25) is 0 Å². The van der Waals surface area contributed by atoms with Crippen LogP contribution >= 0.6 is 0 Å². The second-order valence-corrected chi connectivity index (χ2v) is 5.69. The molecular weight excluding hydrogens is 232 g/mol. The largest absolute Gasteiger partial charge is 0.480 e. The number of carboxylic acids is 1. The van der Waals surface area contributed by atoms with E-state index in [2.05, 4.69) is 5.32 Å². The Morgan fingerprint density at radius 3 is 2.33 bits per heavy atom. The summed E-state index contributed by atoms with van der Waals surface area (Å²) in [6.07, 6.45) is 4.14. The van der Waals surface area contributed by atoms with E-state index in [1.54, 1.807) is 11.8 Å². The summed E-state index contributed by atoms with van der Waals surface area (Å²) in [5, 5.41) is 12.0. The molecule has 2 N–H and O–H groups in total. The molecule has 102 valence electrons.